The van der Waals surface area contributed by atoms with Crippen LogP contribution in [0, 0.1) is 0 Å². The molecule has 0 fully saturated rings. The molecule has 0 saturated heterocycles. The summed E-state index contributed by atoms with van der Waals surface area (Å²) in [5.41, 5.74) is 0. The Morgan fingerprint density at radius 1 is 1.40 bits per heavy atom. The van der Waals surface area contributed by atoms with Gasteiger partial charge in [0.15, 0.2) is 11.5 Å². The van der Waals surface area contributed by atoms with Gasteiger partial charge in [-0.1, -0.05) is 0 Å². The van der Waals surface area contributed by atoms with Gasteiger partial charge in [-0.25, -0.2) is 4.79 Å². The number of benzene rings is 1. The predicted octanol–water partition coefficient (Wildman–Crippen LogP) is 2.31. The first-order chi connectivity index (χ1) is 7.11. The number of carbonyl (C=O) groups is 1. The Morgan fingerprint density at radius 3 is 2.73 bits per heavy atom. The number of thiophene rings is 1. The number of carboxylic acids is 1. The first kappa shape index (κ1) is 9.79. The molecular formula is C10H8O4S. The number of ether oxygens (including phenoxy) is 1. The molecule has 0 aliphatic carbocycles. The lowest BCUT2D eigenvalue weighted by molar-refractivity contribution is 0.0702. The second kappa shape index (κ2) is 3.43. The quantitative estimate of drug-likeness (QED) is 0.821. The zero-order chi connectivity index (χ0) is 11.0. The third-order valence-electron chi connectivity index (χ3n) is 2.03. The van der Waals surface area contributed by atoms with E-state index in [0.717, 1.165) is 16.0 Å². The minimum Gasteiger partial charge on any atom is -0.504 e. The first-order valence-electron chi connectivity index (χ1n) is 4.15. The molecule has 0 amide bonds. The van der Waals surface area contributed by atoms with Crippen molar-refractivity contribution in [3.63, 3.8) is 0 Å². The van der Waals surface area contributed by atoms with E-state index in [4.69, 9.17) is 9.84 Å². The van der Waals surface area contributed by atoms with Gasteiger partial charge in [-0.05, 0) is 17.5 Å². The molecule has 0 aliphatic heterocycles. The third-order valence-corrected chi connectivity index (χ3v) is 3.11. The van der Waals surface area contributed by atoms with E-state index in [0.29, 0.717) is 11.1 Å². The number of carboxylic acid groups (broad SMARTS) is 1. The minimum absolute atomic E-state index is 0.0136. The van der Waals surface area contributed by atoms with Crippen LogP contribution >= 0.6 is 11.3 Å². The van der Waals surface area contributed by atoms with Crippen molar-refractivity contribution in [3.8, 4) is 11.5 Å². The molecule has 4 nitrogen and oxygen atoms in total. The van der Waals surface area contributed by atoms with Gasteiger partial charge < -0.3 is 14.9 Å². The van der Waals surface area contributed by atoms with Crippen LogP contribution in [0.5, 0.6) is 11.5 Å². The summed E-state index contributed by atoms with van der Waals surface area (Å²) in [6, 6.07) is 4.65. The van der Waals surface area contributed by atoms with Crippen LogP contribution in [-0.2, 0) is 0 Å². The Balaban J connectivity index is 2.66. The van der Waals surface area contributed by atoms with Gasteiger partial charge in [-0.15, -0.1) is 11.3 Å². The largest absolute Gasteiger partial charge is 0.504 e. The molecule has 0 bridgehead atoms. The van der Waals surface area contributed by atoms with Gasteiger partial charge in [0, 0.05) is 10.8 Å². The molecule has 0 saturated carbocycles. The Labute approximate surface area is 89.3 Å². The average molecular weight is 224 g/mol. The maximum absolute atomic E-state index is 10.7. The summed E-state index contributed by atoms with van der Waals surface area (Å²) in [5.74, 6) is -0.601. The van der Waals surface area contributed by atoms with Gasteiger partial charge in [0.05, 0.1) is 7.11 Å². The van der Waals surface area contributed by atoms with E-state index in [-0.39, 0.29) is 10.6 Å². The molecule has 2 N–H and O–H groups in total. The normalized spacial score (nSPS) is 10.5. The lowest BCUT2D eigenvalue weighted by atomic mass is 10.2. The van der Waals surface area contributed by atoms with Crippen molar-refractivity contribution >= 4 is 27.4 Å². The molecule has 2 aromatic rings. The maximum Gasteiger partial charge on any atom is 0.345 e. The molecule has 5 heteroatoms. The van der Waals surface area contributed by atoms with Crippen molar-refractivity contribution in [1.82, 2.24) is 0 Å². The zero-order valence-electron chi connectivity index (χ0n) is 7.85. The number of fused-ring (bicyclic) bond motifs is 1. The molecule has 0 aliphatic rings. The summed E-state index contributed by atoms with van der Waals surface area (Å²) in [6.45, 7) is 0. The lowest BCUT2D eigenvalue weighted by Gasteiger charge is -2.01. The van der Waals surface area contributed by atoms with Crippen molar-refractivity contribution in [2.75, 3.05) is 7.11 Å². The van der Waals surface area contributed by atoms with Gasteiger partial charge in [0.25, 0.3) is 0 Å². The second-order valence-corrected chi connectivity index (χ2v) is 4.06. The number of phenolic OH excluding ortho intramolecular Hbond substituents is 1. The monoisotopic (exact) mass is 224 g/mol. The lowest BCUT2D eigenvalue weighted by Crippen LogP contribution is -1.89. The van der Waals surface area contributed by atoms with Gasteiger partial charge in [0.2, 0.25) is 0 Å². The molecule has 1 aromatic carbocycles. The standard InChI is InChI=1S/C10H8O4S/c1-14-7-4-8-5(2-6(7)11)3-9(15-8)10(12)13/h2-4,11H,1H3,(H,12,13). The van der Waals surface area contributed by atoms with Crippen molar-refractivity contribution in [1.29, 1.82) is 0 Å². The average Bonchev–Trinajstić information content (AvgIpc) is 2.59. The summed E-state index contributed by atoms with van der Waals surface area (Å²) in [6.07, 6.45) is 0. The van der Waals surface area contributed by atoms with Crippen molar-refractivity contribution in [2.24, 2.45) is 0 Å². The number of rotatable bonds is 2. The van der Waals surface area contributed by atoms with Crippen molar-refractivity contribution in [3.05, 3.63) is 23.1 Å². The number of aromatic carboxylic acids is 1. The second-order valence-electron chi connectivity index (χ2n) is 2.98. The summed E-state index contributed by atoms with van der Waals surface area (Å²) in [4.78, 5) is 11.0. The summed E-state index contributed by atoms with van der Waals surface area (Å²) in [7, 11) is 1.45. The maximum atomic E-state index is 10.7. The summed E-state index contributed by atoms with van der Waals surface area (Å²) < 4.78 is 5.71. The highest BCUT2D eigenvalue weighted by atomic mass is 32.1. The molecule has 2 rings (SSSR count). The Morgan fingerprint density at radius 2 is 2.13 bits per heavy atom. The predicted molar refractivity (Wildman–Crippen MR) is 57.0 cm³/mol. The van der Waals surface area contributed by atoms with Gasteiger partial charge >= 0.3 is 5.97 Å². The highest BCUT2D eigenvalue weighted by Gasteiger charge is 2.11. The summed E-state index contributed by atoms with van der Waals surface area (Å²) in [5, 5.41) is 19.0. The van der Waals surface area contributed by atoms with E-state index < -0.39 is 5.97 Å². The van der Waals surface area contributed by atoms with Crippen LogP contribution in [0.1, 0.15) is 9.67 Å². The van der Waals surface area contributed by atoms with Gasteiger partial charge in [-0.2, -0.15) is 0 Å². The Kier molecular flexibility index (Phi) is 2.24. The number of aromatic hydroxyl groups is 1. The SMILES string of the molecule is COc1cc2sc(C(=O)O)cc2cc1O. The van der Waals surface area contributed by atoms with Crippen LogP contribution in [0.4, 0.5) is 0 Å². The topological polar surface area (TPSA) is 66.8 Å². The van der Waals surface area contributed by atoms with E-state index in [9.17, 15) is 9.90 Å². The van der Waals surface area contributed by atoms with Crippen LogP contribution in [0.25, 0.3) is 10.1 Å². The van der Waals surface area contributed by atoms with E-state index in [2.05, 4.69) is 0 Å². The van der Waals surface area contributed by atoms with E-state index in [1.807, 2.05) is 0 Å². The highest BCUT2D eigenvalue weighted by Crippen LogP contribution is 2.35. The van der Waals surface area contributed by atoms with Crippen molar-refractivity contribution in [2.45, 2.75) is 0 Å². The number of methoxy groups -OCH3 is 1. The first-order valence-corrected chi connectivity index (χ1v) is 4.97. The fraction of sp³-hybridized carbons (Fsp3) is 0.100. The van der Waals surface area contributed by atoms with Gasteiger partial charge in [-0.3, -0.25) is 0 Å². The van der Waals surface area contributed by atoms with Gasteiger partial charge in [0.1, 0.15) is 4.88 Å². The molecule has 1 heterocycles. The molecule has 0 spiro atoms. The number of hydrogen-bond acceptors (Lipinski definition) is 4. The molecule has 15 heavy (non-hydrogen) atoms. The number of phenols is 1. The van der Waals surface area contributed by atoms with E-state index in [1.54, 1.807) is 6.07 Å². The molecular weight excluding hydrogens is 216 g/mol. The fourth-order valence-corrected chi connectivity index (χ4v) is 2.24. The fourth-order valence-electron chi connectivity index (χ4n) is 1.33. The minimum atomic E-state index is -0.963. The van der Waals surface area contributed by atoms with Crippen LogP contribution < -0.4 is 4.74 Å². The van der Waals surface area contributed by atoms with Crippen LogP contribution in [0.2, 0.25) is 0 Å². The molecule has 1 aromatic heterocycles. The van der Waals surface area contributed by atoms with E-state index in [1.165, 1.54) is 19.2 Å². The molecule has 0 unspecified atom stereocenters. The number of hydrogen-bond donors (Lipinski definition) is 2. The van der Waals surface area contributed by atoms with Crippen LogP contribution in [0.3, 0.4) is 0 Å². The molecule has 0 atom stereocenters. The molecule has 0 radical (unpaired) electrons. The Hall–Kier alpha value is -1.75. The van der Waals surface area contributed by atoms with E-state index >= 15 is 0 Å². The summed E-state index contributed by atoms with van der Waals surface area (Å²) >= 11 is 1.15. The zero-order valence-corrected chi connectivity index (χ0v) is 8.67. The van der Waals surface area contributed by atoms with Crippen LogP contribution in [-0.4, -0.2) is 23.3 Å². The van der Waals surface area contributed by atoms with Crippen molar-refractivity contribution < 1.29 is 19.7 Å². The van der Waals surface area contributed by atoms with Crippen LogP contribution in [0.15, 0.2) is 18.2 Å². The Bertz CT molecular complexity index is 529. The smallest absolute Gasteiger partial charge is 0.345 e. The highest BCUT2D eigenvalue weighted by molar-refractivity contribution is 7.20. The third kappa shape index (κ3) is 1.61. The molecule has 78 valence electrons.